The molecule has 0 fully saturated rings. The lowest BCUT2D eigenvalue weighted by molar-refractivity contribution is -0.136. The molecule has 0 N–H and O–H groups in total. The SMILES string of the molecule is C=NC(=C)C(=O)OC. The Morgan fingerprint density at radius 2 is 2.25 bits per heavy atom. The molecule has 0 atom stereocenters. The van der Waals surface area contributed by atoms with Gasteiger partial charge in [0.05, 0.1) is 7.11 Å². The van der Waals surface area contributed by atoms with Crippen molar-refractivity contribution in [3.63, 3.8) is 0 Å². The Bertz CT molecular complexity index is 128. The van der Waals surface area contributed by atoms with Gasteiger partial charge in [-0.1, -0.05) is 6.58 Å². The van der Waals surface area contributed by atoms with Crippen LogP contribution >= 0.6 is 0 Å². The summed E-state index contributed by atoms with van der Waals surface area (Å²) in [6.45, 7) is 6.32. The molecule has 0 aromatic rings. The molecule has 0 aliphatic heterocycles. The molecule has 8 heavy (non-hydrogen) atoms. The molecule has 0 bridgehead atoms. The van der Waals surface area contributed by atoms with Gasteiger partial charge in [0.2, 0.25) is 0 Å². The highest BCUT2D eigenvalue weighted by Gasteiger charge is 2.00. The molecule has 0 unspecified atom stereocenters. The molecule has 0 aliphatic rings. The number of hydrogen-bond donors (Lipinski definition) is 0. The standard InChI is InChI=1S/C5H7NO2/c1-4(6-2)5(7)8-3/h1-2H2,3H3. The van der Waals surface area contributed by atoms with Crippen LogP contribution in [0.4, 0.5) is 0 Å². The van der Waals surface area contributed by atoms with Gasteiger partial charge in [-0.2, -0.15) is 0 Å². The topological polar surface area (TPSA) is 38.7 Å². The van der Waals surface area contributed by atoms with Crippen LogP contribution < -0.4 is 0 Å². The van der Waals surface area contributed by atoms with Crippen molar-refractivity contribution in [3.05, 3.63) is 12.3 Å². The molecule has 3 heteroatoms. The number of rotatable bonds is 2. The van der Waals surface area contributed by atoms with Crippen LogP contribution in [0.25, 0.3) is 0 Å². The van der Waals surface area contributed by atoms with Gasteiger partial charge in [-0.25, -0.2) is 4.79 Å². The maximum absolute atomic E-state index is 10.3. The van der Waals surface area contributed by atoms with E-state index in [0.29, 0.717) is 0 Å². The highest BCUT2D eigenvalue weighted by Crippen LogP contribution is 1.91. The number of hydrogen-bond acceptors (Lipinski definition) is 3. The zero-order chi connectivity index (χ0) is 6.57. The molecule has 3 nitrogen and oxygen atoms in total. The van der Waals surface area contributed by atoms with Gasteiger partial charge in [0, 0.05) is 0 Å². The third-order valence-corrected chi connectivity index (χ3v) is 0.612. The molecule has 0 radical (unpaired) electrons. The van der Waals surface area contributed by atoms with Crippen molar-refractivity contribution in [3.8, 4) is 0 Å². The van der Waals surface area contributed by atoms with Crippen LogP contribution in [0.5, 0.6) is 0 Å². The highest BCUT2D eigenvalue weighted by atomic mass is 16.5. The normalized spacial score (nSPS) is 7.62. The quantitative estimate of drug-likeness (QED) is 0.295. The Morgan fingerprint density at radius 3 is 2.38 bits per heavy atom. The predicted octanol–water partition coefficient (Wildman–Crippen LogP) is 0.374. The molecular weight excluding hydrogens is 106 g/mol. The molecule has 0 rings (SSSR count). The first kappa shape index (κ1) is 6.88. The minimum Gasteiger partial charge on any atom is -0.464 e. The summed E-state index contributed by atoms with van der Waals surface area (Å²) in [6, 6.07) is 0. The third kappa shape index (κ3) is 1.55. The third-order valence-electron chi connectivity index (χ3n) is 0.612. The summed E-state index contributed by atoms with van der Waals surface area (Å²) in [5, 5.41) is 0. The molecule has 0 saturated heterocycles. The first-order valence-electron chi connectivity index (χ1n) is 1.96. The number of nitrogens with zero attached hydrogens (tertiary/aromatic N) is 1. The van der Waals surface area contributed by atoms with Gasteiger partial charge in [0.25, 0.3) is 0 Å². The van der Waals surface area contributed by atoms with E-state index in [-0.39, 0.29) is 5.70 Å². The maximum atomic E-state index is 10.3. The van der Waals surface area contributed by atoms with E-state index in [9.17, 15) is 4.79 Å². The Morgan fingerprint density at radius 1 is 1.75 bits per heavy atom. The van der Waals surface area contributed by atoms with E-state index in [0.717, 1.165) is 0 Å². The van der Waals surface area contributed by atoms with Crippen molar-refractivity contribution in [2.24, 2.45) is 4.99 Å². The fraction of sp³-hybridized carbons (Fsp3) is 0.200. The predicted molar refractivity (Wildman–Crippen MR) is 30.7 cm³/mol. The monoisotopic (exact) mass is 113 g/mol. The number of esters is 1. The second kappa shape index (κ2) is 2.96. The van der Waals surface area contributed by atoms with Crippen LogP contribution in [-0.2, 0) is 9.53 Å². The Hall–Kier alpha value is -1.12. The zero-order valence-electron chi connectivity index (χ0n) is 4.68. The number of methoxy groups -OCH3 is 1. The van der Waals surface area contributed by atoms with Crippen LogP contribution in [0, 0.1) is 0 Å². The summed E-state index contributed by atoms with van der Waals surface area (Å²) in [7, 11) is 1.26. The van der Waals surface area contributed by atoms with Crippen molar-refractivity contribution >= 4 is 12.7 Å². The Kier molecular flexibility index (Phi) is 2.54. The van der Waals surface area contributed by atoms with Crippen molar-refractivity contribution in [1.82, 2.24) is 0 Å². The molecule has 0 amide bonds. The number of aliphatic imine (C=N–C) groups is 1. The van der Waals surface area contributed by atoms with Gasteiger partial charge in [0.15, 0.2) is 0 Å². The summed E-state index contributed by atoms with van der Waals surface area (Å²) >= 11 is 0. The van der Waals surface area contributed by atoms with Crippen molar-refractivity contribution in [2.75, 3.05) is 7.11 Å². The maximum Gasteiger partial charge on any atom is 0.355 e. The van der Waals surface area contributed by atoms with Crippen LogP contribution in [-0.4, -0.2) is 19.8 Å². The molecule has 0 spiro atoms. The number of carbonyl (C=O) groups excluding carboxylic acids is 1. The van der Waals surface area contributed by atoms with Crippen LogP contribution in [0.2, 0.25) is 0 Å². The van der Waals surface area contributed by atoms with E-state index in [1.165, 1.54) is 7.11 Å². The van der Waals surface area contributed by atoms with Gasteiger partial charge in [0.1, 0.15) is 5.70 Å². The van der Waals surface area contributed by atoms with Crippen LogP contribution in [0.1, 0.15) is 0 Å². The fourth-order valence-corrected chi connectivity index (χ4v) is 0.182. The molecule has 44 valence electrons. The molecule has 0 aliphatic carbocycles. The summed E-state index contributed by atoms with van der Waals surface area (Å²) < 4.78 is 4.23. The molecule has 0 saturated carbocycles. The second-order valence-corrected chi connectivity index (χ2v) is 1.10. The summed E-state index contributed by atoms with van der Waals surface area (Å²) in [5.41, 5.74) is 0.0347. The lowest BCUT2D eigenvalue weighted by atomic mass is 10.5. The summed E-state index contributed by atoms with van der Waals surface area (Å²) in [5.74, 6) is -0.542. The highest BCUT2D eigenvalue weighted by molar-refractivity contribution is 5.87. The average Bonchev–Trinajstić information content (AvgIpc) is 1.84. The molecular formula is C5H7NO2. The van der Waals surface area contributed by atoms with Crippen molar-refractivity contribution < 1.29 is 9.53 Å². The zero-order valence-corrected chi connectivity index (χ0v) is 4.68. The van der Waals surface area contributed by atoms with Crippen molar-refractivity contribution in [2.45, 2.75) is 0 Å². The van der Waals surface area contributed by atoms with E-state index >= 15 is 0 Å². The first-order valence-corrected chi connectivity index (χ1v) is 1.96. The van der Waals surface area contributed by atoms with E-state index in [1.54, 1.807) is 0 Å². The van der Waals surface area contributed by atoms with Crippen LogP contribution in [0.3, 0.4) is 0 Å². The summed E-state index contributed by atoms with van der Waals surface area (Å²) in [4.78, 5) is 13.5. The minimum absolute atomic E-state index is 0.0347. The molecule has 0 heterocycles. The van der Waals surface area contributed by atoms with Crippen molar-refractivity contribution in [1.29, 1.82) is 0 Å². The average molecular weight is 113 g/mol. The van der Waals surface area contributed by atoms with Crippen LogP contribution in [0.15, 0.2) is 17.3 Å². The minimum atomic E-state index is -0.542. The lowest BCUT2D eigenvalue weighted by Gasteiger charge is -1.92. The number of carbonyl (C=O) groups is 1. The first-order chi connectivity index (χ1) is 3.72. The van der Waals surface area contributed by atoms with E-state index in [1.807, 2.05) is 0 Å². The van der Waals surface area contributed by atoms with Gasteiger partial charge in [-0.05, 0) is 6.72 Å². The van der Waals surface area contributed by atoms with Gasteiger partial charge in [-0.15, -0.1) is 0 Å². The number of ether oxygens (including phenoxy) is 1. The van der Waals surface area contributed by atoms with Gasteiger partial charge >= 0.3 is 5.97 Å². The summed E-state index contributed by atoms with van der Waals surface area (Å²) in [6.07, 6.45) is 0. The smallest absolute Gasteiger partial charge is 0.355 e. The molecule has 0 aromatic heterocycles. The Labute approximate surface area is 47.7 Å². The largest absolute Gasteiger partial charge is 0.464 e. The Balaban J connectivity index is 3.82. The van der Waals surface area contributed by atoms with E-state index in [2.05, 4.69) is 23.0 Å². The van der Waals surface area contributed by atoms with Gasteiger partial charge < -0.3 is 4.74 Å². The van der Waals surface area contributed by atoms with E-state index in [4.69, 9.17) is 0 Å². The molecule has 0 aromatic carbocycles. The second-order valence-electron chi connectivity index (χ2n) is 1.10. The lowest BCUT2D eigenvalue weighted by Crippen LogP contribution is -2.00. The fourth-order valence-electron chi connectivity index (χ4n) is 0.182. The van der Waals surface area contributed by atoms with E-state index < -0.39 is 5.97 Å². The van der Waals surface area contributed by atoms with Gasteiger partial charge in [-0.3, -0.25) is 4.99 Å².